The number of hydrogen-bond acceptors (Lipinski definition) is 6. The molecule has 3 aromatic rings. The van der Waals surface area contributed by atoms with Crippen molar-refractivity contribution in [2.75, 3.05) is 36.4 Å². The molecule has 0 radical (unpaired) electrons. The van der Waals surface area contributed by atoms with Gasteiger partial charge in [-0.15, -0.1) is 5.10 Å². The first-order chi connectivity index (χ1) is 14.8. The molecule has 1 aliphatic rings. The van der Waals surface area contributed by atoms with Crippen LogP contribution in [0.25, 0.3) is 5.69 Å². The monoisotopic (exact) mass is 432 g/mol. The second kappa shape index (κ2) is 8.20. The molecule has 0 atom stereocenters. The topological polar surface area (TPSA) is 92.1 Å². The molecule has 31 heavy (non-hydrogen) atoms. The smallest absolute Gasteiger partial charge is 0.353 e. The number of tetrazole rings is 1. The predicted molar refractivity (Wildman–Crippen MR) is 106 cm³/mol. The zero-order chi connectivity index (χ0) is 22.0. The number of benzene rings is 1. The summed E-state index contributed by atoms with van der Waals surface area (Å²) in [5.41, 5.74) is 0.538. The number of urea groups is 1. The second-order valence-corrected chi connectivity index (χ2v) is 7.00. The first kappa shape index (κ1) is 20.6. The number of pyridine rings is 1. The predicted octanol–water partition coefficient (Wildman–Crippen LogP) is 2.74. The van der Waals surface area contributed by atoms with Crippen LogP contribution in [0.2, 0.25) is 0 Å². The fourth-order valence-electron chi connectivity index (χ4n) is 3.27. The molecule has 1 saturated heterocycles. The van der Waals surface area contributed by atoms with E-state index in [4.69, 9.17) is 0 Å². The van der Waals surface area contributed by atoms with Gasteiger partial charge in [-0.05, 0) is 47.7 Å². The number of hydrogen-bond donors (Lipinski definition) is 1. The molecule has 0 unspecified atom stereocenters. The maximum Gasteiger partial charge on any atom is 0.417 e. The van der Waals surface area contributed by atoms with E-state index in [0.29, 0.717) is 43.5 Å². The van der Waals surface area contributed by atoms with Gasteiger partial charge in [0.05, 0.1) is 11.3 Å². The number of halogens is 3. The maximum absolute atomic E-state index is 12.7. The number of aromatic nitrogens is 5. The van der Waals surface area contributed by atoms with Crippen LogP contribution < -0.4 is 10.2 Å². The first-order valence-corrected chi connectivity index (χ1v) is 9.51. The highest BCUT2D eigenvalue weighted by Crippen LogP contribution is 2.29. The van der Waals surface area contributed by atoms with E-state index in [1.807, 2.05) is 11.0 Å². The molecule has 0 aliphatic carbocycles. The van der Waals surface area contributed by atoms with E-state index < -0.39 is 11.7 Å². The number of rotatable bonds is 3. The summed E-state index contributed by atoms with van der Waals surface area (Å²) in [5, 5.41) is 14.2. The van der Waals surface area contributed by atoms with Crippen molar-refractivity contribution in [1.82, 2.24) is 30.1 Å². The van der Waals surface area contributed by atoms with Crippen LogP contribution in [-0.4, -0.2) is 62.3 Å². The molecular formula is C19H19F3N8O. The largest absolute Gasteiger partial charge is 0.417 e. The normalized spacial score (nSPS) is 14.6. The number of alkyl halides is 3. The van der Waals surface area contributed by atoms with Crippen molar-refractivity contribution in [3.05, 3.63) is 54.0 Å². The van der Waals surface area contributed by atoms with Gasteiger partial charge in [0.15, 0.2) is 5.82 Å². The number of nitrogens with zero attached hydrogens (tertiary/aromatic N) is 7. The molecular weight excluding hydrogens is 413 g/mol. The summed E-state index contributed by atoms with van der Waals surface area (Å²) in [6.07, 6.45) is -3.59. The van der Waals surface area contributed by atoms with Crippen LogP contribution in [0.3, 0.4) is 0 Å². The van der Waals surface area contributed by atoms with E-state index in [0.717, 1.165) is 18.0 Å². The van der Waals surface area contributed by atoms with Crippen LogP contribution in [-0.2, 0) is 6.18 Å². The van der Waals surface area contributed by atoms with Crippen molar-refractivity contribution < 1.29 is 18.0 Å². The van der Waals surface area contributed by atoms with Gasteiger partial charge in [-0.1, -0.05) is 6.07 Å². The fourth-order valence-corrected chi connectivity index (χ4v) is 3.27. The van der Waals surface area contributed by atoms with Crippen molar-refractivity contribution in [2.24, 2.45) is 0 Å². The van der Waals surface area contributed by atoms with Gasteiger partial charge < -0.3 is 15.1 Å². The van der Waals surface area contributed by atoms with Crippen LogP contribution in [0, 0.1) is 6.92 Å². The van der Waals surface area contributed by atoms with Crippen molar-refractivity contribution in [3.63, 3.8) is 0 Å². The van der Waals surface area contributed by atoms with Crippen LogP contribution >= 0.6 is 0 Å². The van der Waals surface area contributed by atoms with Gasteiger partial charge in [-0.25, -0.2) is 9.78 Å². The Morgan fingerprint density at radius 3 is 2.48 bits per heavy atom. The highest BCUT2D eigenvalue weighted by atomic mass is 19.4. The SMILES string of the molecule is Cc1nnnn1-c1cccc(NC(=O)N2CCN(c3ccc(C(F)(F)F)cn3)CC2)c1. The highest BCUT2D eigenvalue weighted by molar-refractivity contribution is 5.89. The number of nitrogens with one attached hydrogen (secondary N) is 1. The molecule has 2 amide bonds. The summed E-state index contributed by atoms with van der Waals surface area (Å²) in [6, 6.07) is 9.26. The van der Waals surface area contributed by atoms with E-state index in [1.54, 1.807) is 34.7 Å². The Labute approximate surface area is 175 Å². The average molecular weight is 432 g/mol. The Morgan fingerprint density at radius 2 is 1.87 bits per heavy atom. The molecule has 9 nitrogen and oxygen atoms in total. The van der Waals surface area contributed by atoms with E-state index in [9.17, 15) is 18.0 Å². The van der Waals surface area contributed by atoms with Crippen molar-refractivity contribution in [2.45, 2.75) is 13.1 Å². The average Bonchev–Trinajstić information content (AvgIpc) is 3.19. The lowest BCUT2D eigenvalue weighted by Crippen LogP contribution is -2.50. The minimum Gasteiger partial charge on any atom is -0.353 e. The molecule has 12 heteroatoms. The molecule has 162 valence electrons. The van der Waals surface area contributed by atoms with Gasteiger partial charge >= 0.3 is 12.2 Å². The molecule has 0 saturated carbocycles. The van der Waals surface area contributed by atoms with Crippen LogP contribution in [0.15, 0.2) is 42.6 Å². The Bertz CT molecular complexity index is 1060. The Kier molecular flexibility index (Phi) is 5.44. The van der Waals surface area contributed by atoms with Crippen molar-refractivity contribution in [3.8, 4) is 5.69 Å². The van der Waals surface area contributed by atoms with Gasteiger partial charge in [-0.3, -0.25) is 0 Å². The van der Waals surface area contributed by atoms with Gasteiger partial charge in [0.1, 0.15) is 5.82 Å². The highest BCUT2D eigenvalue weighted by Gasteiger charge is 2.31. The summed E-state index contributed by atoms with van der Waals surface area (Å²) in [7, 11) is 0. The number of piperazine rings is 1. The molecule has 1 N–H and O–H groups in total. The third-order valence-electron chi connectivity index (χ3n) is 4.93. The molecule has 0 bridgehead atoms. The van der Waals surface area contributed by atoms with E-state index in [2.05, 4.69) is 25.8 Å². The van der Waals surface area contributed by atoms with Gasteiger partial charge in [0, 0.05) is 38.1 Å². The fraction of sp³-hybridized carbons (Fsp3) is 0.316. The van der Waals surface area contributed by atoms with Crippen LogP contribution in [0.5, 0.6) is 0 Å². The Hall–Kier alpha value is -3.70. The molecule has 1 aliphatic heterocycles. The summed E-state index contributed by atoms with van der Waals surface area (Å²) in [4.78, 5) is 20.1. The van der Waals surface area contributed by atoms with E-state index in [-0.39, 0.29) is 6.03 Å². The van der Waals surface area contributed by atoms with Crippen LogP contribution in [0.4, 0.5) is 29.5 Å². The number of carbonyl (C=O) groups excluding carboxylic acids is 1. The number of anilines is 2. The summed E-state index contributed by atoms with van der Waals surface area (Å²) in [5.74, 6) is 1.08. The quantitative estimate of drug-likeness (QED) is 0.684. The lowest BCUT2D eigenvalue weighted by Gasteiger charge is -2.35. The molecule has 1 aromatic carbocycles. The standard InChI is InChI=1S/C19H19F3N8O/c1-13-25-26-27-30(13)16-4-2-3-15(11-16)24-18(31)29-9-7-28(8-10-29)17-6-5-14(12-23-17)19(20,21)22/h2-6,11-12H,7-10H2,1H3,(H,24,31). The zero-order valence-corrected chi connectivity index (χ0v) is 16.5. The Morgan fingerprint density at radius 1 is 1.10 bits per heavy atom. The van der Waals surface area contributed by atoms with Gasteiger partial charge in [0.2, 0.25) is 0 Å². The number of amides is 2. The van der Waals surface area contributed by atoms with E-state index >= 15 is 0 Å². The minimum atomic E-state index is -4.41. The maximum atomic E-state index is 12.7. The third-order valence-corrected chi connectivity index (χ3v) is 4.93. The summed E-state index contributed by atoms with van der Waals surface area (Å²) in [6.45, 7) is 3.54. The summed E-state index contributed by atoms with van der Waals surface area (Å²) >= 11 is 0. The van der Waals surface area contributed by atoms with Crippen molar-refractivity contribution in [1.29, 1.82) is 0 Å². The van der Waals surface area contributed by atoms with E-state index in [1.165, 1.54) is 6.07 Å². The lowest BCUT2D eigenvalue weighted by atomic mass is 10.2. The first-order valence-electron chi connectivity index (χ1n) is 9.51. The molecule has 2 aromatic heterocycles. The second-order valence-electron chi connectivity index (χ2n) is 7.00. The number of carbonyl (C=O) groups is 1. The third kappa shape index (κ3) is 4.57. The molecule has 0 spiro atoms. The molecule has 3 heterocycles. The van der Waals surface area contributed by atoms with Gasteiger partial charge in [0.25, 0.3) is 0 Å². The Balaban J connectivity index is 1.35. The lowest BCUT2D eigenvalue weighted by molar-refractivity contribution is -0.137. The molecule has 1 fully saturated rings. The van der Waals surface area contributed by atoms with Crippen LogP contribution in [0.1, 0.15) is 11.4 Å². The summed E-state index contributed by atoms with van der Waals surface area (Å²) < 4.78 is 39.6. The minimum absolute atomic E-state index is 0.259. The van der Waals surface area contributed by atoms with Gasteiger partial charge in [-0.2, -0.15) is 17.9 Å². The number of aryl methyl sites for hydroxylation is 1. The zero-order valence-electron chi connectivity index (χ0n) is 16.5. The molecule has 4 rings (SSSR count). The van der Waals surface area contributed by atoms with Crippen molar-refractivity contribution >= 4 is 17.5 Å².